The van der Waals surface area contributed by atoms with Gasteiger partial charge in [0.05, 0.1) is 0 Å². The van der Waals surface area contributed by atoms with Crippen molar-refractivity contribution in [3.63, 3.8) is 0 Å². The number of carbonyl (C=O) groups is 1. The van der Waals surface area contributed by atoms with Crippen molar-refractivity contribution >= 4 is 5.91 Å². The molecule has 1 saturated heterocycles. The topological polar surface area (TPSA) is 20.3 Å². The number of hydrogen-bond donors (Lipinski definition) is 0. The zero-order valence-corrected chi connectivity index (χ0v) is 12.4. The highest BCUT2D eigenvalue weighted by molar-refractivity contribution is 5.82. The Morgan fingerprint density at radius 1 is 1.10 bits per heavy atom. The van der Waals surface area contributed by atoms with Crippen LogP contribution in [0.4, 0.5) is 0 Å². The van der Waals surface area contributed by atoms with Crippen LogP contribution in [-0.2, 0) is 11.2 Å². The number of benzene rings is 1. The third-order valence-corrected chi connectivity index (χ3v) is 5.00. The van der Waals surface area contributed by atoms with Crippen LogP contribution in [0.25, 0.3) is 0 Å². The molecule has 108 valence electrons. The smallest absolute Gasteiger partial charge is 0.226 e. The van der Waals surface area contributed by atoms with Gasteiger partial charge in [0, 0.05) is 18.0 Å². The Balaban J connectivity index is 1.68. The van der Waals surface area contributed by atoms with E-state index in [0.717, 1.165) is 12.8 Å². The molecule has 2 nitrogen and oxygen atoms in total. The van der Waals surface area contributed by atoms with Crippen LogP contribution in [0.15, 0.2) is 30.3 Å². The van der Waals surface area contributed by atoms with Gasteiger partial charge in [0.15, 0.2) is 0 Å². The first-order valence-corrected chi connectivity index (χ1v) is 8.12. The van der Waals surface area contributed by atoms with Gasteiger partial charge in [0.25, 0.3) is 0 Å². The summed E-state index contributed by atoms with van der Waals surface area (Å²) in [5.74, 6) is 0.613. The second kappa shape index (κ2) is 5.99. The van der Waals surface area contributed by atoms with Gasteiger partial charge < -0.3 is 4.90 Å². The molecular formula is C18H25NO. The maximum atomic E-state index is 12.7. The first-order chi connectivity index (χ1) is 9.75. The maximum Gasteiger partial charge on any atom is 0.226 e. The number of nitrogens with zero attached hydrogens (tertiary/aromatic N) is 1. The van der Waals surface area contributed by atoms with E-state index in [0.29, 0.717) is 18.0 Å². The van der Waals surface area contributed by atoms with Gasteiger partial charge >= 0.3 is 0 Å². The minimum Gasteiger partial charge on any atom is -0.337 e. The Hall–Kier alpha value is -1.31. The summed E-state index contributed by atoms with van der Waals surface area (Å²) in [6.45, 7) is 2.23. The molecule has 1 heterocycles. The summed E-state index contributed by atoms with van der Waals surface area (Å²) in [5, 5.41) is 0. The van der Waals surface area contributed by atoms with E-state index in [-0.39, 0.29) is 5.92 Å². The normalized spacial score (nSPS) is 28.1. The molecule has 2 fully saturated rings. The zero-order valence-electron chi connectivity index (χ0n) is 12.4. The molecular weight excluding hydrogens is 246 g/mol. The van der Waals surface area contributed by atoms with Gasteiger partial charge in [-0.15, -0.1) is 0 Å². The number of rotatable bonds is 3. The summed E-state index contributed by atoms with van der Waals surface area (Å²) in [7, 11) is 0. The van der Waals surface area contributed by atoms with Gasteiger partial charge in [-0.25, -0.2) is 0 Å². The Kier molecular flexibility index (Phi) is 4.09. The molecule has 0 bridgehead atoms. The molecule has 0 spiro atoms. The lowest BCUT2D eigenvalue weighted by Crippen LogP contribution is -2.42. The third kappa shape index (κ3) is 2.74. The monoisotopic (exact) mass is 271 g/mol. The highest BCUT2D eigenvalue weighted by Gasteiger charge is 2.40. The Labute approximate surface area is 122 Å². The summed E-state index contributed by atoms with van der Waals surface area (Å²) in [4.78, 5) is 15.0. The van der Waals surface area contributed by atoms with Crippen molar-refractivity contribution in [1.82, 2.24) is 4.90 Å². The van der Waals surface area contributed by atoms with Gasteiger partial charge in [-0.2, -0.15) is 0 Å². The van der Waals surface area contributed by atoms with E-state index in [4.69, 9.17) is 0 Å². The number of carbonyl (C=O) groups excluding carboxylic acids is 1. The quantitative estimate of drug-likeness (QED) is 0.819. The molecule has 2 aliphatic rings. The summed E-state index contributed by atoms with van der Waals surface area (Å²) < 4.78 is 0. The van der Waals surface area contributed by atoms with Gasteiger partial charge in [-0.05, 0) is 38.2 Å². The fraction of sp³-hybridized carbons (Fsp3) is 0.611. The molecule has 2 atom stereocenters. The molecule has 3 rings (SSSR count). The molecule has 1 aliphatic carbocycles. The highest BCUT2D eigenvalue weighted by atomic mass is 16.2. The fourth-order valence-electron chi connectivity index (χ4n) is 4.02. The molecule has 1 aromatic carbocycles. The maximum absolute atomic E-state index is 12.7. The van der Waals surface area contributed by atoms with Crippen LogP contribution in [0.2, 0.25) is 0 Å². The van der Waals surface area contributed by atoms with E-state index >= 15 is 0 Å². The predicted octanol–water partition coefficient (Wildman–Crippen LogP) is 3.80. The average molecular weight is 271 g/mol. The van der Waals surface area contributed by atoms with Crippen molar-refractivity contribution in [2.75, 3.05) is 0 Å². The van der Waals surface area contributed by atoms with E-state index in [1.807, 2.05) is 6.07 Å². The fourth-order valence-corrected chi connectivity index (χ4v) is 4.02. The predicted molar refractivity (Wildman–Crippen MR) is 81.4 cm³/mol. The van der Waals surface area contributed by atoms with Crippen molar-refractivity contribution in [2.24, 2.45) is 5.92 Å². The van der Waals surface area contributed by atoms with Crippen LogP contribution < -0.4 is 0 Å². The molecule has 2 heteroatoms. The van der Waals surface area contributed by atoms with E-state index in [9.17, 15) is 4.79 Å². The summed E-state index contributed by atoms with van der Waals surface area (Å²) >= 11 is 0. The largest absolute Gasteiger partial charge is 0.337 e. The van der Waals surface area contributed by atoms with Crippen LogP contribution >= 0.6 is 0 Å². The van der Waals surface area contributed by atoms with Gasteiger partial charge in [0.2, 0.25) is 5.91 Å². The summed E-state index contributed by atoms with van der Waals surface area (Å²) in [6, 6.07) is 11.4. The van der Waals surface area contributed by atoms with Crippen molar-refractivity contribution in [3.8, 4) is 0 Å². The molecule has 0 N–H and O–H groups in total. The Morgan fingerprint density at radius 2 is 1.80 bits per heavy atom. The van der Waals surface area contributed by atoms with Crippen LogP contribution in [-0.4, -0.2) is 22.9 Å². The van der Waals surface area contributed by atoms with E-state index < -0.39 is 0 Å². The lowest BCUT2D eigenvalue weighted by molar-refractivity contribution is -0.134. The van der Waals surface area contributed by atoms with Crippen molar-refractivity contribution < 1.29 is 4.79 Å². The summed E-state index contributed by atoms with van der Waals surface area (Å²) in [6.07, 6.45) is 8.31. The molecule has 0 aromatic heterocycles. The Bertz CT molecular complexity index is 450. The Morgan fingerprint density at radius 3 is 2.50 bits per heavy atom. The highest BCUT2D eigenvalue weighted by Crippen LogP contribution is 2.34. The minimum atomic E-state index is 0.203. The average Bonchev–Trinajstić information content (AvgIpc) is 2.75. The van der Waals surface area contributed by atoms with Crippen molar-refractivity contribution in [1.29, 1.82) is 0 Å². The van der Waals surface area contributed by atoms with Crippen LogP contribution in [0.1, 0.15) is 51.0 Å². The molecule has 1 aliphatic heterocycles. The van der Waals surface area contributed by atoms with Crippen molar-refractivity contribution in [2.45, 2.75) is 64.0 Å². The lowest BCUT2D eigenvalue weighted by Gasteiger charge is -2.34. The first-order valence-electron chi connectivity index (χ1n) is 8.12. The molecule has 20 heavy (non-hydrogen) atoms. The first kappa shape index (κ1) is 13.7. The van der Waals surface area contributed by atoms with Crippen LogP contribution in [0.5, 0.6) is 0 Å². The minimum absolute atomic E-state index is 0.203. The van der Waals surface area contributed by atoms with Crippen LogP contribution in [0.3, 0.4) is 0 Å². The molecule has 0 radical (unpaired) electrons. The second-order valence-corrected chi connectivity index (χ2v) is 6.51. The molecule has 2 unspecified atom stereocenters. The lowest BCUT2D eigenvalue weighted by atomic mass is 9.94. The SMILES string of the molecule is CC1CC(Cc2ccccc2)C(=O)N1C1CCCCC1. The molecule has 1 aromatic rings. The van der Waals surface area contributed by atoms with E-state index in [2.05, 4.69) is 36.1 Å². The standard InChI is InChI=1S/C18H25NO/c1-14-12-16(13-15-8-4-2-5-9-15)18(20)19(14)17-10-6-3-7-11-17/h2,4-5,8-9,14,16-17H,3,6-7,10-13H2,1H3. The third-order valence-electron chi connectivity index (χ3n) is 5.00. The van der Waals surface area contributed by atoms with Gasteiger partial charge in [-0.1, -0.05) is 49.6 Å². The number of amides is 1. The van der Waals surface area contributed by atoms with Crippen molar-refractivity contribution in [3.05, 3.63) is 35.9 Å². The van der Waals surface area contributed by atoms with E-state index in [1.165, 1.54) is 37.7 Å². The zero-order chi connectivity index (χ0) is 13.9. The van der Waals surface area contributed by atoms with Gasteiger partial charge in [-0.3, -0.25) is 4.79 Å². The van der Waals surface area contributed by atoms with Crippen LogP contribution in [0, 0.1) is 5.92 Å². The molecule has 1 amide bonds. The molecule has 1 saturated carbocycles. The number of hydrogen-bond acceptors (Lipinski definition) is 1. The number of likely N-dealkylation sites (tertiary alicyclic amines) is 1. The van der Waals surface area contributed by atoms with E-state index in [1.54, 1.807) is 0 Å². The van der Waals surface area contributed by atoms with Gasteiger partial charge in [0.1, 0.15) is 0 Å². The summed E-state index contributed by atoms with van der Waals surface area (Å²) in [5.41, 5.74) is 1.29. The second-order valence-electron chi connectivity index (χ2n) is 6.51.